The summed E-state index contributed by atoms with van der Waals surface area (Å²) in [6.07, 6.45) is 8.11. The van der Waals surface area contributed by atoms with E-state index in [1.165, 1.54) is 6.08 Å². The minimum atomic E-state index is -1.01. The molecule has 0 bridgehead atoms. The summed E-state index contributed by atoms with van der Waals surface area (Å²) in [5, 5.41) is 11.4. The highest BCUT2D eigenvalue weighted by Crippen LogP contribution is 2.29. The van der Waals surface area contributed by atoms with Gasteiger partial charge in [-0.15, -0.1) is 0 Å². The lowest BCUT2D eigenvalue weighted by atomic mass is 9.82. The second-order valence-electron chi connectivity index (χ2n) is 5.59. The van der Waals surface area contributed by atoms with Crippen LogP contribution in [-0.2, 0) is 9.59 Å². The molecule has 1 aliphatic rings. The van der Waals surface area contributed by atoms with Crippen molar-refractivity contribution in [2.75, 3.05) is 5.32 Å². The van der Waals surface area contributed by atoms with Gasteiger partial charge in [0.25, 0.3) is 0 Å². The molecule has 2 N–H and O–H groups in total. The lowest BCUT2D eigenvalue weighted by Crippen LogP contribution is -2.26. The van der Waals surface area contributed by atoms with Crippen LogP contribution in [-0.4, -0.2) is 22.0 Å². The molecular weight excluding hydrogens is 268 g/mol. The maximum absolute atomic E-state index is 12.2. The van der Waals surface area contributed by atoms with Gasteiger partial charge in [-0.25, -0.2) is 9.78 Å². The Hall–Kier alpha value is -2.17. The van der Waals surface area contributed by atoms with Crippen molar-refractivity contribution in [3.63, 3.8) is 0 Å². The van der Waals surface area contributed by atoms with Crippen LogP contribution in [0.1, 0.15) is 38.2 Å². The number of amides is 1. The number of hydrogen-bond donors (Lipinski definition) is 2. The average Bonchev–Trinajstić information content (AvgIpc) is 2.46. The second kappa shape index (κ2) is 7.02. The van der Waals surface area contributed by atoms with Gasteiger partial charge in [-0.3, -0.25) is 4.79 Å². The van der Waals surface area contributed by atoms with Gasteiger partial charge in [0.1, 0.15) is 5.82 Å². The Morgan fingerprint density at radius 3 is 2.71 bits per heavy atom. The Labute approximate surface area is 124 Å². The largest absolute Gasteiger partial charge is 0.478 e. The lowest BCUT2D eigenvalue weighted by Gasteiger charge is -2.25. The molecule has 1 amide bonds. The molecule has 0 spiro atoms. The van der Waals surface area contributed by atoms with Crippen molar-refractivity contribution in [3.05, 3.63) is 30.0 Å². The standard InChI is InChI=1S/C16H20N2O3/c1-11-2-5-13(6-3-11)16(21)18-14-10-12(8-9-17-14)4-7-15(19)20/h4,7-11,13H,2-3,5-6H2,1H3,(H,19,20)(H,17,18,21)/b7-4+. The third-order valence-corrected chi connectivity index (χ3v) is 3.84. The minimum Gasteiger partial charge on any atom is -0.478 e. The number of pyridine rings is 1. The minimum absolute atomic E-state index is 0.00811. The Morgan fingerprint density at radius 2 is 2.05 bits per heavy atom. The van der Waals surface area contributed by atoms with Gasteiger partial charge in [0, 0.05) is 18.2 Å². The van der Waals surface area contributed by atoms with Gasteiger partial charge >= 0.3 is 5.97 Å². The molecule has 5 heteroatoms. The first-order chi connectivity index (χ1) is 10.0. The van der Waals surface area contributed by atoms with Crippen LogP contribution in [0.2, 0.25) is 0 Å². The number of aromatic nitrogens is 1. The fourth-order valence-corrected chi connectivity index (χ4v) is 2.54. The molecule has 1 heterocycles. The molecule has 0 atom stereocenters. The topological polar surface area (TPSA) is 79.3 Å². The van der Waals surface area contributed by atoms with Gasteiger partial charge in [-0.1, -0.05) is 6.92 Å². The van der Waals surface area contributed by atoms with E-state index in [4.69, 9.17) is 5.11 Å². The number of carboxylic acids is 1. The summed E-state index contributed by atoms with van der Waals surface area (Å²) in [5.41, 5.74) is 0.694. The summed E-state index contributed by atoms with van der Waals surface area (Å²) >= 11 is 0. The van der Waals surface area contributed by atoms with Crippen LogP contribution in [0.5, 0.6) is 0 Å². The number of hydrogen-bond acceptors (Lipinski definition) is 3. The summed E-state index contributed by atoms with van der Waals surface area (Å²) in [6.45, 7) is 2.22. The van der Waals surface area contributed by atoms with E-state index < -0.39 is 5.97 Å². The number of carbonyl (C=O) groups is 2. The monoisotopic (exact) mass is 288 g/mol. The Kier molecular flexibility index (Phi) is 5.09. The van der Waals surface area contributed by atoms with E-state index >= 15 is 0 Å². The van der Waals surface area contributed by atoms with Crippen LogP contribution in [0.4, 0.5) is 5.82 Å². The predicted octanol–water partition coefficient (Wildman–Crippen LogP) is 2.94. The fraction of sp³-hybridized carbons (Fsp3) is 0.438. The highest BCUT2D eigenvalue weighted by Gasteiger charge is 2.24. The number of carboxylic acid groups (broad SMARTS) is 1. The lowest BCUT2D eigenvalue weighted by molar-refractivity contribution is -0.131. The first-order valence-corrected chi connectivity index (χ1v) is 7.22. The Balaban J connectivity index is 1.97. The number of nitrogens with zero attached hydrogens (tertiary/aromatic N) is 1. The number of anilines is 1. The summed E-state index contributed by atoms with van der Waals surface area (Å²) < 4.78 is 0. The van der Waals surface area contributed by atoms with Crippen molar-refractivity contribution < 1.29 is 14.7 Å². The molecule has 0 unspecified atom stereocenters. The Bertz CT molecular complexity index is 546. The first kappa shape index (κ1) is 15.2. The van der Waals surface area contributed by atoms with E-state index in [1.807, 2.05) is 0 Å². The first-order valence-electron chi connectivity index (χ1n) is 7.22. The molecule has 1 saturated carbocycles. The molecule has 1 aromatic rings. The van der Waals surface area contributed by atoms with Crippen LogP contribution in [0.25, 0.3) is 6.08 Å². The molecule has 1 aromatic heterocycles. The van der Waals surface area contributed by atoms with Crippen molar-refractivity contribution >= 4 is 23.8 Å². The summed E-state index contributed by atoms with van der Waals surface area (Å²) in [5.74, 6) is 0.228. The van der Waals surface area contributed by atoms with Crippen LogP contribution in [0.15, 0.2) is 24.4 Å². The van der Waals surface area contributed by atoms with Crippen LogP contribution in [0.3, 0.4) is 0 Å². The van der Waals surface area contributed by atoms with Gasteiger partial charge in [0.15, 0.2) is 0 Å². The van der Waals surface area contributed by atoms with E-state index in [2.05, 4.69) is 17.2 Å². The number of rotatable bonds is 4. The highest BCUT2D eigenvalue weighted by molar-refractivity contribution is 5.92. The van der Waals surface area contributed by atoms with Crippen molar-refractivity contribution in [2.24, 2.45) is 11.8 Å². The van der Waals surface area contributed by atoms with Crippen LogP contribution >= 0.6 is 0 Å². The third kappa shape index (κ3) is 4.70. The maximum Gasteiger partial charge on any atom is 0.328 e. The highest BCUT2D eigenvalue weighted by atomic mass is 16.4. The van der Waals surface area contributed by atoms with Gasteiger partial charge < -0.3 is 10.4 Å². The molecule has 1 aliphatic carbocycles. The zero-order valence-electron chi connectivity index (χ0n) is 12.1. The predicted molar refractivity (Wildman–Crippen MR) is 80.7 cm³/mol. The number of nitrogens with one attached hydrogen (secondary N) is 1. The van der Waals surface area contributed by atoms with Crippen molar-refractivity contribution in [2.45, 2.75) is 32.6 Å². The van der Waals surface area contributed by atoms with Crippen molar-refractivity contribution in [1.29, 1.82) is 0 Å². The molecule has 21 heavy (non-hydrogen) atoms. The van der Waals surface area contributed by atoms with Gasteiger partial charge in [-0.05, 0) is 55.4 Å². The van der Waals surface area contributed by atoms with E-state index in [-0.39, 0.29) is 11.8 Å². The molecule has 2 rings (SSSR count). The normalized spacial score (nSPS) is 22.1. The molecule has 5 nitrogen and oxygen atoms in total. The Morgan fingerprint density at radius 1 is 1.33 bits per heavy atom. The molecule has 0 aromatic carbocycles. The van der Waals surface area contributed by atoms with Crippen LogP contribution in [0, 0.1) is 11.8 Å². The smallest absolute Gasteiger partial charge is 0.328 e. The van der Waals surface area contributed by atoms with E-state index in [1.54, 1.807) is 18.3 Å². The molecule has 112 valence electrons. The average molecular weight is 288 g/mol. The van der Waals surface area contributed by atoms with Crippen molar-refractivity contribution in [3.8, 4) is 0 Å². The SMILES string of the molecule is CC1CCC(C(=O)Nc2cc(/C=C/C(=O)O)ccn2)CC1. The molecule has 1 fully saturated rings. The van der Waals surface area contributed by atoms with Gasteiger partial charge in [-0.2, -0.15) is 0 Å². The summed E-state index contributed by atoms with van der Waals surface area (Å²) in [4.78, 5) is 26.8. The zero-order chi connectivity index (χ0) is 15.2. The van der Waals surface area contributed by atoms with Crippen molar-refractivity contribution in [1.82, 2.24) is 4.98 Å². The third-order valence-electron chi connectivity index (χ3n) is 3.84. The van der Waals surface area contributed by atoms with E-state index in [0.717, 1.165) is 31.8 Å². The molecule has 0 aliphatic heterocycles. The van der Waals surface area contributed by atoms with E-state index in [9.17, 15) is 9.59 Å². The van der Waals surface area contributed by atoms with Gasteiger partial charge in [0.2, 0.25) is 5.91 Å². The second-order valence-corrected chi connectivity index (χ2v) is 5.59. The number of aliphatic carboxylic acids is 1. The number of carbonyl (C=O) groups excluding carboxylic acids is 1. The summed E-state index contributed by atoms with van der Waals surface area (Å²) in [7, 11) is 0. The summed E-state index contributed by atoms with van der Waals surface area (Å²) in [6, 6.07) is 3.36. The maximum atomic E-state index is 12.2. The van der Waals surface area contributed by atoms with Crippen LogP contribution < -0.4 is 5.32 Å². The molecule has 0 radical (unpaired) electrons. The molecule has 0 saturated heterocycles. The zero-order valence-corrected chi connectivity index (χ0v) is 12.1. The quantitative estimate of drug-likeness (QED) is 0.835. The van der Waals surface area contributed by atoms with Gasteiger partial charge in [0.05, 0.1) is 0 Å². The fourth-order valence-electron chi connectivity index (χ4n) is 2.54. The molecular formula is C16H20N2O3. The van der Waals surface area contributed by atoms with E-state index in [0.29, 0.717) is 17.3 Å².